The fourth-order valence-corrected chi connectivity index (χ4v) is 2.83. The van der Waals surface area contributed by atoms with Crippen LogP contribution in [0.3, 0.4) is 0 Å². The third-order valence-electron chi connectivity index (χ3n) is 2.98. The minimum Gasteiger partial charge on any atom is -0.406 e. The average Bonchev–Trinajstić information content (AvgIpc) is 2.75. The van der Waals surface area contributed by atoms with Gasteiger partial charge >= 0.3 is 7.12 Å². The zero-order valence-electron chi connectivity index (χ0n) is 11.0. The number of aryl methyl sites for hydroxylation is 1. The van der Waals surface area contributed by atoms with Gasteiger partial charge in [0.15, 0.2) is 0 Å². The molecule has 0 atom stereocenters. The summed E-state index contributed by atoms with van der Waals surface area (Å²) in [5.41, 5.74) is 1.57. The highest BCUT2D eigenvalue weighted by Crippen LogP contribution is 2.22. The van der Waals surface area contributed by atoms with Crippen LogP contribution in [0.5, 0.6) is 0 Å². The number of hydrogen-bond acceptors (Lipinski definition) is 3. The molecule has 2 rings (SSSR count). The predicted octanol–water partition coefficient (Wildman–Crippen LogP) is 2.86. The largest absolute Gasteiger partial charge is 0.504 e. The lowest BCUT2D eigenvalue weighted by molar-refractivity contribution is 0.0346. The van der Waals surface area contributed by atoms with Gasteiger partial charge in [-0.1, -0.05) is 27.2 Å². The van der Waals surface area contributed by atoms with E-state index in [1.807, 2.05) is 0 Å². The van der Waals surface area contributed by atoms with Crippen LogP contribution in [-0.4, -0.2) is 20.3 Å². The molecule has 0 radical (unpaired) electrons. The highest BCUT2D eigenvalue weighted by Gasteiger charge is 2.34. The standard InChI is InChI=1S/C13H21BO2S/c1-4-5-6-11-7-12(17-8-11)14-15-9-13(2,3)10-16-14/h7-8H,4-6,9-10H2,1-3H3. The van der Waals surface area contributed by atoms with Crippen molar-refractivity contribution in [3.8, 4) is 0 Å². The third kappa shape index (κ3) is 3.57. The monoisotopic (exact) mass is 252 g/mol. The molecular weight excluding hydrogens is 231 g/mol. The summed E-state index contributed by atoms with van der Waals surface area (Å²) in [4.78, 5) is 0. The van der Waals surface area contributed by atoms with E-state index in [2.05, 4.69) is 32.2 Å². The van der Waals surface area contributed by atoms with Crippen molar-refractivity contribution in [3.63, 3.8) is 0 Å². The first kappa shape index (κ1) is 13.1. The average molecular weight is 252 g/mol. The van der Waals surface area contributed by atoms with Crippen LogP contribution in [0.15, 0.2) is 11.4 Å². The fourth-order valence-electron chi connectivity index (χ4n) is 1.89. The van der Waals surface area contributed by atoms with Crippen molar-refractivity contribution in [1.82, 2.24) is 0 Å². The SMILES string of the molecule is CCCCc1csc(B2OCC(C)(C)CO2)c1. The molecule has 0 bridgehead atoms. The molecule has 1 aliphatic heterocycles. The van der Waals surface area contributed by atoms with E-state index in [-0.39, 0.29) is 12.5 Å². The Bertz CT molecular complexity index is 352. The van der Waals surface area contributed by atoms with Gasteiger partial charge in [-0.3, -0.25) is 0 Å². The molecule has 2 heterocycles. The van der Waals surface area contributed by atoms with E-state index in [0.717, 1.165) is 13.2 Å². The van der Waals surface area contributed by atoms with Crippen LogP contribution < -0.4 is 4.78 Å². The molecule has 94 valence electrons. The zero-order valence-corrected chi connectivity index (χ0v) is 11.8. The van der Waals surface area contributed by atoms with Crippen LogP contribution in [-0.2, 0) is 15.7 Å². The van der Waals surface area contributed by atoms with E-state index < -0.39 is 0 Å². The number of thiophene rings is 1. The van der Waals surface area contributed by atoms with Gasteiger partial charge in [-0.15, -0.1) is 0 Å². The van der Waals surface area contributed by atoms with Crippen molar-refractivity contribution >= 4 is 23.2 Å². The summed E-state index contributed by atoms with van der Waals surface area (Å²) in [6, 6.07) is 2.24. The van der Waals surface area contributed by atoms with Gasteiger partial charge in [0.1, 0.15) is 0 Å². The molecule has 1 aliphatic rings. The molecule has 0 spiro atoms. The Kier molecular flexibility index (Phi) is 4.29. The Morgan fingerprint density at radius 1 is 1.35 bits per heavy atom. The van der Waals surface area contributed by atoms with Crippen molar-refractivity contribution < 1.29 is 9.31 Å². The van der Waals surface area contributed by atoms with Gasteiger partial charge < -0.3 is 9.31 Å². The van der Waals surface area contributed by atoms with E-state index in [0.29, 0.717) is 0 Å². The Hall–Kier alpha value is -0.315. The molecule has 0 unspecified atom stereocenters. The maximum atomic E-state index is 5.79. The molecule has 4 heteroatoms. The number of rotatable bonds is 4. The maximum absolute atomic E-state index is 5.79. The normalized spacial score (nSPS) is 19.6. The van der Waals surface area contributed by atoms with Gasteiger partial charge in [0, 0.05) is 23.4 Å². The van der Waals surface area contributed by atoms with E-state index >= 15 is 0 Å². The molecule has 1 aromatic heterocycles. The molecule has 1 fully saturated rings. The molecule has 1 saturated heterocycles. The first-order valence-corrected chi connectivity index (χ1v) is 7.29. The first-order valence-electron chi connectivity index (χ1n) is 6.41. The van der Waals surface area contributed by atoms with Crippen molar-refractivity contribution in [2.24, 2.45) is 5.41 Å². The lowest BCUT2D eigenvalue weighted by Gasteiger charge is -2.32. The Morgan fingerprint density at radius 2 is 2.06 bits per heavy atom. The van der Waals surface area contributed by atoms with Gasteiger partial charge in [-0.2, -0.15) is 11.3 Å². The van der Waals surface area contributed by atoms with Crippen LogP contribution in [0.25, 0.3) is 0 Å². The lowest BCUT2D eigenvalue weighted by atomic mass is 9.82. The van der Waals surface area contributed by atoms with Crippen molar-refractivity contribution in [2.75, 3.05) is 13.2 Å². The molecule has 0 aromatic carbocycles. The first-order chi connectivity index (χ1) is 8.11. The van der Waals surface area contributed by atoms with Crippen LogP contribution >= 0.6 is 11.3 Å². The van der Waals surface area contributed by atoms with Crippen molar-refractivity contribution in [1.29, 1.82) is 0 Å². The van der Waals surface area contributed by atoms with Crippen molar-refractivity contribution in [2.45, 2.75) is 40.0 Å². The van der Waals surface area contributed by atoms with Crippen molar-refractivity contribution in [3.05, 3.63) is 17.0 Å². The van der Waals surface area contributed by atoms with E-state index in [1.54, 1.807) is 11.3 Å². The lowest BCUT2D eigenvalue weighted by Crippen LogP contribution is -2.46. The zero-order chi connectivity index (χ0) is 12.3. The van der Waals surface area contributed by atoms with Gasteiger partial charge in [0.05, 0.1) is 0 Å². The summed E-state index contributed by atoms with van der Waals surface area (Å²) in [7, 11) is -0.136. The quantitative estimate of drug-likeness (QED) is 0.767. The Morgan fingerprint density at radius 3 is 2.71 bits per heavy atom. The van der Waals surface area contributed by atoms with Crippen LogP contribution in [0.4, 0.5) is 0 Å². The minimum atomic E-state index is -0.136. The summed E-state index contributed by atoms with van der Waals surface area (Å²) in [6.07, 6.45) is 3.68. The van der Waals surface area contributed by atoms with E-state index in [4.69, 9.17) is 9.31 Å². The Balaban J connectivity index is 1.92. The van der Waals surface area contributed by atoms with E-state index in [9.17, 15) is 0 Å². The maximum Gasteiger partial charge on any atom is 0.504 e. The number of unbranched alkanes of at least 4 members (excludes halogenated alkanes) is 1. The topological polar surface area (TPSA) is 18.5 Å². The molecule has 0 saturated carbocycles. The van der Waals surface area contributed by atoms with Crippen LogP contribution in [0.2, 0.25) is 0 Å². The summed E-state index contributed by atoms with van der Waals surface area (Å²) in [5.74, 6) is 0. The molecule has 17 heavy (non-hydrogen) atoms. The molecule has 0 aliphatic carbocycles. The van der Waals surface area contributed by atoms with Crippen LogP contribution in [0.1, 0.15) is 39.2 Å². The fraction of sp³-hybridized carbons (Fsp3) is 0.692. The smallest absolute Gasteiger partial charge is 0.406 e. The summed E-state index contributed by atoms with van der Waals surface area (Å²) in [5, 5.41) is 2.23. The highest BCUT2D eigenvalue weighted by atomic mass is 32.1. The molecular formula is C13H21BO2S. The summed E-state index contributed by atoms with van der Waals surface area (Å²) < 4.78 is 12.8. The van der Waals surface area contributed by atoms with Gasteiger partial charge in [-0.25, -0.2) is 0 Å². The second-order valence-corrected chi connectivity index (χ2v) is 6.52. The Labute approximate surface area is 108 Å². The summed E-state index contributed by atoms with van der Waals surface area (Å²) >= 11 is 1.76. The van der Waals surface area contributed by atoms with Gasteiger partial charge in [0.2, 0.25) is 0 Å². The van der Waals surface area contributed by atoms with E-state index in [1.165, 1.54) is 29.6 Å². The highest BCUT2D eigenvalue weighted by molar-refractivity contribution is 7.20. The molecule has 0 N–H and O–H groups in total. The third-order valence-corrected chi connectivity index (χ3v) is 3.98. The second-order valence-electron chi connectivity index (χ2n) is 5.58. The summed E-state index contributed by atoms with van der Waals surface area (Å²) in [6.45, 7) is 8.12. The second kappa shape index (κ2) is 5.55. The molecule has 1 aromatic rings. The van der Waals surface area contributed by atoms with Gasteiger partial charge in [-0.05, 0) is 29.9 Å². The van der Waals surface area contributed by atoms with Gasteiger partial charge in [0.25, 0.3) is 0 Å². The minimum absolute atomic E-state index is 0.136. The molecule has 0 amide bonds. The predicted molar refractivity (Wildman–Crippen MR) is 74.0 cm³/mol. The molecule has 2 nitrogen and oxygen atoms in total. The van der Waals surface area contributed by atoms with Crippen LogP contribution in [0, 0.1) is 5.41 Å². The number of hydrogen-bond donors (Lipinski definition) is 0.